The van der Waals surface area contributed by atoms with E-state index >= 15 is 0 Å². The van der Waals surface area contributed by atoms with Gasteiger partial charge in [-0.2, -0.15) is 0 Å². The summed E-state index contributed by atoms with van der Waals surface area (Å²) in [6.45, 7) is 4.42. The maximum absolute atomic E-state index is 9.86. The highest BCUT2D eigenvalue weighted by Crippen LogP contribution is 2.28. The zero-order valence-electron chi connectivity index (χ0n) is 7.38. The first kappa shape index (κ1) is 9.21. The van der Waals surface area contributed by atoms with Gasteiger partial charge in [0, 0.05) is 0 Å². The molecule has 0 aromatic heterocycles. The van der Waals surface area contributed by atoms with Gasteiger partial charge in [0.15, 0.2) is 0 Å². The van der Waals surface area contributed by atoms with Crippen molar-refractivity contribution in [3.63, 3.8) is 0 Å². The second-order valence-corrected chi connectivity index (χ2v) is 3.40. The molecule has 0 atom stereocenters. The van der Waals surface area contributed by atoms with Crippen LogP contribution in [0.15, 0.2) is 17.1 Å². The van der Waals surface area contributed by atoms with Crippen molar-refractivity contribution in [1.29, 1.82) is 0 Å². The standard InChI is InChI=1S/C10H15NO/c1-9(7-11-8-12)10-5-3-2-4-6-10/h10H,1-7H2. The quantitative estimate of drug-likeness (QED) is 0.359. The second kappa shape index (κ2) is 4.89. The van der Waals surface area contributed by atoms with E-state index in [1.807, 2.05) is 0 Å². The highest BCUT2D eigenvalue weighted by atomic mass is 16.1. The first-order valence-corrected chi connectivity index (χ1v) is 4.56. The van der Waals surface area contributed by atoms with Crippen LogP contribution < -0.4 is 0 Å². The summed E-state index contributed by atoms with van der Waals surface area (Å²) in [4.78, 5) is 13.4. The largest absolute Gasteiger partial charge is 0.235 e. The zero-order chi connectivity index (χ0) is 8.81. The molecule has 2 heteroatoms. The molecule has 0 unspecified atom stereocenters. The Morgan fingerprint density at radius 1 is 1.42 bits per heavy atom. The Bertz CT molecular complexity index is 198. The van der Waals surface area contributed by atoms with Gasteiger partial charge in [-0.15, -0.1) is 0 Å². The third kappa shape index (κ3) is 2.63. The number of nitrogens with zero attached hydrogens (tertiary/aromatic N) is 1. The summed E-state index contributed by atoms with van der Waals surface area (Å²) in [6.07, 6.45) is 7.96. The van der Waals surface area contributed by atoms with Crippen molar-refractivity contribution < 1.29 is 4.79 Å². The monoisotopic (exact) mass is 165 g/mol. The molecule has 12 heavy (non-hydrogen) atoms. The molecule has 0 aliphatic heterocycles. The molecule has 0 aromatic rings. The summed E-state index contributed by atoms with van der Waals surface area (Å²) in [5.41, 5.74) is 1.11. The summed E-state index contributed by atoms with van der Waals surface area (Å²) in [6, 6.07) is 0. The molecule has 66 valence electrons. The molecule has 0 radical (unpaired) electrons. The van der Waals surface area contributed by atoms with Crippen molar-refractivity contribution in [2.45, 2.75) is 32.1 Å². The number of aliphatic imine (C=N–C) groups is 1. The fourth-order valence-corrected chi connectivity index (χ4v) is 1.77. The number of isocyanates is 1. The maximum Gasteiger partial charge on any atom is 0.235 e. The van der Waals surface area contributed by atoms with Gasteiger partial charge < -0.3 is 0 Å². The molecule has 1 aliphatic rings. The van der Waals surface area contributed by atoms with Crippen molar-refractivity contribution in [3.8, 4) is 0 Å². The van der Waals surface area contributed by atoms with E-state index in [2.05, 4.69) is 11.6 Å². The Kier molecular flexibility index (Phi) is 3.75. The molecule has 1 rings (SSSR count). The topological polar surface area (TPSA) is 29.4 Å². The van der Waals surface area contributed by atoms with E-state index in [1.165, 1.54) is 32.1 Å². The van der Waals surface area contributed by atoms with Crippen LogP contribution in [0, 0.1) is 5.92 Å². The van der Waals surface area contributed by atoms with E-state index < -0.39 is 0 Å². The normalized spacial score (nSPS) is 18.3. The maximum atomic E-state index is 9.86. The Hall–Kier alpha value is -0.880. The summed E-state index contributed by atoms with van der Waals surface area (Å²) in [7, 11) is 0. The second-order valence-electron chi connectivity index (χ2n) is 3.40. The summed E-state index contributed by atoms with van der Waals surface area (Å²) in [5, 5.41) is 0. The lowest BCUT2D eigenvalue weighted by atomic mass is 9.84. The average Bonchev–Trinajstić information content (AvgIpc) is 2.15. The molecule has 2 nitrogen and oxygen atoms in total. The lowest BCUT2D eigenvalue weighted by Crippen LogP contribution is -2.10. The number of hydrogen-bond donors (Lipinski definition) is 0. The van der Waals surface area contributed by atoms with Gasteiger partial charge in [-0.3, -0.25) is 0 Å². The van der Waals surface area contributed by atoms with E-state index in [-0.39, 0.29) is 0 Å². The molecule has 1 saturated carbocycles. The molecule has 1 aliphatic carbocycles. The molecule has 0 heterocycles. The van der Waals surface area contributed by atoms with Crippen LogP contribution in [-0.4, -0.2) is 12.6 Å². The molecule has 0 bridgehead atoms. The van der Waals surface area contributed by atoms with Crippen molar-refractivity contribution in [3.05, 3.63) is 12.2 Å². The van der Waals surface area contributed by atoms with Crippen LogP contribution in [0.4, 0.5) is 0 Å². The van der Waals surface area contributed by atoms with Crippen LogP contribution in [0.1, 0.15) is 32.1 Å². The van der Waals surface area contributed by atoms with Gasteiger partial charge in [0.05, 0.1) is 6.54 Å². The van der Waals surface area contributed by atoms with Crippen LogP contribution >= 0.6 is 0 Å². The van der Waals surface area contributed by atoms with Gasteiger partial charge in [0.2, 0.25) is 6.08 Å². The van der Waals surface area contributed by atoms with Crippen molar-refractivity contribution in [2.24, 2.45) is 10.9 Å². The van der Waals surface area contributed by atoms with Gasteiger partial charge in [-0.1, -0.05) is 31.4 Å². The zero-order valence-corrected chi connectivity index (χ0v) is 7.38. The molecule has 1 fully saturated rings. The predicted molar refractivity (Wildman–Crippen MR) is 48.7 cm³/mol. The minimum atomic E-state index is 0.480. The van der Waals surface area contributed by atoms with E-state index in [9.17, 15) is 4.79 Å². The van der Waals surface area contributed by atoms with E-state index in [1.54, 1.807) is 6.08 Å². The predicted octanol–water partition coefficient (Wildman–Crippen LogP) is 2.46. The molecule has 0 amide bonds. The Morgan fingerprint density at radius 3 is 2.67 bits per heavy atom. The molecular formula is C10H15NO. The van der Waals surface area contributed by atoms with Crippen LogP contribution in [0.2, 0.25) is 0 Å². The summed E-state index contributed by atoms with van der Waals surface area (Å²) in [5.74, 6) is 0.607. The highest BCUT2D eigenvalue weighted by molar-refractivity contribution is 5.33. The van der Waals surface area contributed by atoms with Crippen molar-refractivity contribution >= 4 is 6.08 Å². The van der Waals surface area contributed by atoms with Crippen LogP contribution in [0.5, 0.6) is 0 Å². The summed E-state index contributed by atoms with van der Waals surface area (Å²) >= 11 is 0. The summed E-state index contributed by atoms with van der Waals surface area (Å²) < 4.78 is 0. The van der Waals surface area contributed by atoms with Gasteiger partial charge in [0.1, 0.15) is 0 Å². The molecule has 0 aromatic carbocycles. The smallest absolute Gasteiger partial charge is 0.211 e. The van der Waals surface area contributed by atoms with Crippen molar-refractivity contribution in [1.82, 2.24) is 0 Å². The number of carbonyl (C=O) groups excluding carboxylic acids is 1. The van der Waals surface area contributed by atoms with Crippen molar-refractivity contribution in [2.75, 3.05) is 6.54 Å². The lowest BCUT2D eigenvalue weighted by molar-refractivity contribution is 0.400. The first-order chi connectivity index (χ1) is 5.84. The Balaban J connectivity index is 2.34. The van der Waals surface area contributed by atoms with Gasteiger partial charge >= 0.3 is 0 Å². The highest BCUT2D eigenvalue weighted by Gasteiger charge is 2.15. The Labute approximate surface area is 73.4 Å². The fraction of sp³-hybridized carbons (Fsp3) is 0.700. The SMILES string of the molecule is C=C(CN=C=O)C1CCCCC1. The third-order valence-corrected chi connectivity index (χ3v) is 2.53. The average molecular weight is 165 g/mol. The van der Waals surface area contributed by atoms with Crippen LogP contribution in [-0.2, 0) is 4.79 Å². The van der Waals surface area contributed by atoms with Crippen LogP contribution in [0.3, 0.4) is 0 Å². The molecule has 0 N–H and O–H groups in total. The van der Waals surface area contributed by atoms with E-state index in [4.69, 9.17) is 0 Å². The molecule has 0 spiro atoms. The minimum absolute atomic E-state index is 0.480. The molecule has 0 saturated heterocycles. The van der Waals surface area contributed by atoms with Gasteiger partial charge in [-0.05, 0) is 18.8 Å². The first-order valence-electron chi connectivity index (χ1n) is 4.56. The van der Waals surface area contributed by atoms with Gasteiger partial charge in [0.25, 0.3) is 0 Å². The van der Waals surface area contributed by atoms with E-state index in [0.29, 0.717) is 12.5 Å². The Morgan fingerprint density at radius 2 is 2.08 bits per heavy atom. The third-order valence-electron chi connectivity index (χ3n) is 2.53. The lowest BCUT2D eigenvalue weighted by Gasteiger charge is -2.22. The molecular weight excluding hydrogens is 150 g/mol. The fourth-order valence-electron chi connectivity index (χ4n) is 1.77. The number of rotatable bonds is 3. The van der Waals surface area contributed by atoms with E-state index in [0.717, 1.165) is 5.57 Å². The van der Waals surface area contributed by atoms with Crippen LogP contribution in [0.25, 0.3) is 0 Å². The number of hydrogen-bond acceptors (Lipinski definition) is 2. The van der Waals surface area contributed by atoms with Gasteiger partial charge in [-0.25, -0.2) is 9.79 Å². The minimum Gasteiger partial charge on any atom is -0.211 e.